The van der Waals surface area contributed by atoms with Crippen molar-refractivity contribution >= 4 is 18.3 Å². The Hall–Kier alpha value is -2.05. The highest BCUT2D eigenvalue weighted by Crippen LogP contribution is 2.24. The van der Waals surface area contributed by atoms with Crippen molar-refractivity contribution < 1.29 is 9.53 Å². The zero-order valence-corrected chi connectivity index (χ0v) is 14.0. The summed E-state index contributed by atoms with van der Waals surface area (Å²) in [6.45, 7) is 2.16. The number of carbonyl (C=O) groups is 1. The van der Waals surface area contributed by atoms with E-state index in [9.17, 15) is 4.79 Å². The minimum absolute atomic E-state index is 0. The van der Waals surface area contributed by atoms with E-state index in [1.165, 1.54) is 0 Å². The molecule has 0 radical (unpaired) electrons. The number of ether oxygens (including phenoxy) is 1. The van der Waals surface area contributed by atoms with E-state index < -0.39 is 0 Å². The average Bonchev–Trinajstić information content (AvgIpc) is 3.00. The molecule has 1 amide bonds. The number of hydrogen-bond donors (Lipinski definition) is 1. The van der Waals surface area contributed by atoms with Crippen molar-refractivity contribution in [3.05, 3.63) is 48.0 Å². The molecular formula is C16H21ClN4O2. The molecule has 1 fully saturated rings. The van der Waals surface area contributed by atoms with Crippen LogP contribution in [-0.2, 0) is 7.05 Å². The van der Waals surface area contributed by atoms with Gasteiger partial charge in [-0.1, -0.05) is 6.07 Å². The quantitative estimate of drug-likeness (QED) is 0.925. The number of methoxy groups -OCH3 is 1. The molecule has 1 unspecified atom stereocenters. The summed E-state index contributed by atoms with van der Waals surface area (Å²) in [5.41, 5.74) is 0.639. The first-order valence-electron chi connectivity index (χ1n) is 7.33. The maximum atomic E-state index is 12.9. The summed E-state index contributed by atoms with van der Waals surface area (Å²) in [4.78, 5) is 19.2. The van der Waals surface area contributed by atoms with Gasteiger partial charge in [0.05, 0.1) is 7.11 Å². The second-order valence-electron chi connectivity index (χ2n) is 5.35. The van der Waals surface area contributed by atoms with Gasteiger partial charge in [0.25, 0.3) is 5.91 Å². The highest BCUT2D eigenvalue weighted by atomic mass is 35.5. The molecule has 1 aromatic carbocycles. The molecule has 0 spiro atoms. The van der Waals surface area contributed by atoms with Crippen LogP contribution in [0.15, 0.2) is 36.7 Å². The fourth-order valence-electron chi connectivity index (χ4n) is 2.80. The summed E-state index contributed by atoms with van der Waals surface area (Å²) in [5, 5.41) is 3.34. The van der Waals surface area contributed by atoms with Crippen molar-refractivity contribution in [2.45, 2.75) is 6.04 Å². The van der Waals surface area contributed by atoms with Gasteiger partial charge in [0, 0.05) is 44.6 Å². The Kier molecular flexibility index (Phi) is 5.63. The van der Waals surface area contributed by atoms with Crippen LogP contribution in [0.25, 0.3) is 0 Å². The third kappa shape index (κ3) is 3.48. The predicted molar refractivity (Wildman–Crippen MR) is 90.1 cm³/mol. The highest BCUT2D eigenvalue weighted by Gasteiger charge is 2.31. The molecule has 124 valence electrons. The van der Waals surface area contributed by atoms with E-state index in [2.05, 4.69) is 10.3 Å². The average molecular weight is 337 g/mol. The molecule has 1 atom stereocenters. The largest absolute Gasteiger partial charge is 0.497 e. The van der Waals surface area contributed by atoms with Crippen molar-refractivity contribution in [2.75, 3.05) is 26.7 Å². The Morgan fingerprint density at radius 1 is 1.43 bits per heavy atom. The third-order valence-electron chi connectivity index (χ3n) is 3.98. The van der Waals surface area contributed by atoms with E-state index >= 15 is 0 Å². The molecule has 1 N–H and O–H groups in total. The van der Waals surface area contributed by atoms with Gasteiger partial charge < -0.3 is 19.5 Å². The second kappa shape index (κ2) is 7.48. The first-order valence-corrected chi connectivity index (χ1v) is 7.33. The van der Waals surface area contributed by atoms with Gasteiger partial charge in [0.15, 0.2) is 0 Å². The molecule has 0 bridgehead atoms. The zero-order chi connectivity index (χ0) is 15.5. The van der Waals surface area contributed by atoms with Gasteiger partial charge in [-0.2, -0.15) is 0 Å². The molecule has 0 aliphatic carbocycles. The summed E-state index contributed by atoms with van der Waals surface area (Å²) >= 11 is 0. The van der Waals surface area contributed by atoms with Crippen LogP contribution in [0.1, 0.15) is 22.2 Å². The molecule has 1 saturated heterocycles. The normalized spacial score (nSPS) is 17.5. The van der Waals surface area contributed by atoms with Crippen LogP contribution < -0.4 is 10.1 Å². The molecule has 3 rings (SSSR count). The zero-order valence-electron chi connectivity index (χ0n) is 13.2. The van der Waals surface area contributed by atoms with Crippen molar-refractivity contribution in [3.8, 4) is 5.75 Å². The van der Waals surface area contributed by atoms with Gasteiger partial charge in [0.1, 0.15) is 17.6 Å². The molecule has 0 saturated carbocycles. The molecule has 7 heteroatoms. The molecule has 1 aromatic heterocycles. The molecular weight excluding hydrogens is 316 g/mol. The van der Waals surface area contributed by atoms with Crippen LogP contribution in [0.5, 0.6) is 5.75 Å². The molecule has 23 heavy (non-hydrogen) atoms. The van der Waals surface area contributed by atoms with E-state index in [0.29, 0.717) is 24.4 Å². The topological polar surface area (TPSA) is 59.4 Å². The minimum atomic E-state index is -0.0625. The van der Waals surface area contributed by atoms with Crippen LogP contribution in [0.4, 0.5) is 0 Å². The Labute approximate surface area is 141 Å². The number of aromatic nitrogens is 2. The minimum Gasteiger partial charge on any atom is -0.497 e. The van der Waals surface area contributed by atoms with Crippen LogP contribution in [0.2, 0.25) is 0 Å². The maximum Gasteiger partial charge on any atom is 0.254 e. The van der Waals surface area contributed by atoms with Gasteiger partial charge in [0.2, 0.25) is 0 Å². The summed E-state index contributed by atoms with van der Waals surface area (Å²) in [7, 11) is 3.55. The second-order valence-corrected chi connectivity index (χ2v) is 5.35. The number of imidazole rings is 1. The Morgan fingerprint density at radius 3 is 2.96 bits per heavy atom. The standard InChI is InChI=1S/C16H20N4O2.ClH/c1-19-8-7-18-15(19)14-11-17-6-9-20(14)16(21)12-4-3-5-13(10-12)22-2;/h3-5,7-8,10,14,17H,6,9,11H2,1-2H3;1H. The van der Waals surface area contributed by atoms with Crippen molar-refractivity contribution in [1.29, 1.82) is 0 Å². The number of aryl methyl sites for hydroxylation is 1. The molecule has 6 nitrogen and oxygen atoms in total. The fraction of sp³-hybridized carbons (Fsp3) is 0.375. The smallest absolute Gasteiger partial charge is 0.254 e. The number of rotatable bonds is 3. The molecule has 2 heterocycles. The highest BCUT2D eigenvalue weighted by molar-refractivity contribution is 5.95. The van der Waals surface area contributed by atoms with E-state index in [4.69, 9.17) is 4.74 Å². The van der Waals surface area contributed by atoms with Crippen LogP contribution >= 0.6 is 12.4 Å². The summed E-state index contributed by atoms with van der Waals surface area (Å²) in [6, 6.07) is 7.21. The lowest BCUT2D eigenvalue weighted by Gasteiger charge is -2.35. The van der Waals surface area contributed by atoms with Crippen molar-refractivity contribution in [2.24, 2.45) is 7.05 Å². The van der Waals surface area contributed by atoms with Gasteiger partial charge in [-0.25, -0.2) is 4.98 Å². The van der Waals surface area contributed by atoms with E-state index in [1.54, 1.807) is 19.4 Å². The van der Waals surface area contributed by atoms with Gasteiger partial charge in [-0.05, 0) is 18.2 Å². The first-order chi connectivity index (χ1) is 10.7. The maximum absolute atomic E-state index is 12.9. The number of amides is 1. The Morgan fingerprint density at radius 2 is 2.26 bits per heavy atom. The Balaban J connectivity index is 0.00000192. The number of nitrogens with zero attached hydrogens (tertiary/aromatic N) is 3. The fourth-order valence-corrected chi connectivity index (χ4v) is 2.80. The Bertz CT molecular complexity index is 674. The monoisotopic (exact) mass is 336 g/mol. The lowest BCUT2D eigenvalue weighted by Crippen LogP contribution is -2.49. The van der Waals surface area contributed by atoms with Crippen LogP contribution in [0.3, 0.4) is 0 Å². The number of piperazine rings is 1. The number of benzene rings is 1. The summed E-state index contributed by atoms with van der Waals surface area (Å²) in [5.74, 6) is 1.59. The number of halogens is 1. The van der Waals surface area contributed by atoms with E-state index in [0.717, 1.165) is 12.4 Å². The lowest BCUT2D eigenvalue weighted by molar-refractivity contribution is 0.0620. The van der Waals surface area contributed by atoms with Crippen LogP contribution in [0, 0.1) is 0 Å². The van der Waals surface area contributed by atoms with Gasteiger partial charge in [-0.15, -0.1) is 12.4 Å². The third-order valence-corrected chi connectivity index (χ3v) is 3.98. The van der Waals surface area contributed by atoms with Crippen LogP contribution in [-0.4, -0.2) is 47.1 Å². The number of hydrogen-bond acceptors (Lipinski definition) is 4. The molecule has 1 aliphatic rings. The van der Waals surface area contributed by atoms with Crippen molar-refractivity contribution in [1.82, 2.24) is 19.8 Å². The van der Waals surface area contributed by atoms with Gasteiger partial charge in [-0.3, -0.25) is 4.79 Å². The predicted octanol–water partition coefficient (Wildman–Crippen LogP) is 1.64. The summed E-state index contributed by atoms with van der Waals surface area (Å²) < 4.78 is 7.17. The summed E-state index contributed by atoms with van der Waals surface area (Å²) in [6.07, 6.45) is 3.66. The molecule has 2 aromatic rings. The number of carbonyl (C=O) groups excluding carboxylic acids is 1. The van der Waals surface area contributed by atoms with Crippen molar-refractivity contribution in [3.63, 3.8) is 0 Å². The first kappa shape index (κ1) is 17.3. The SMILES string of the molecule is COc1cccc(C(=O)N2CCNCC2c2nccn2C)c1.Cl. The van der Waals surface area contributed by atoms with E-state index in [1.807, 2.05) is 40.9 Å². The lowest BCUT2D eigenvalue weighted by atomic mass is 10.1. The molecule has 1 aliphatic heterocycles. The van der Waals surface area contributed by atoms with Gasteiger partial charge >= 0.3 is 0 Å². The number of nitrogens with one attached hydrogen (secondary N) is 1. The van der Waals surface area contributed by atoms with E-state index in [-0.39, 0.29) is 24.4 Å².